The Morgan fingerprint density at radius 3 is 2.00 bits per heavy atom. The maximum atomic E-state index is 6.07. The highest BCUT2D eigenvalue weighted by Gasteiger charge is 2.13. The predicted molar refractivity (Wildman–Crippen MR) is 83.3 cm³/mol. The van der Waals surface area contributed by atoms with Crippen molar-refractivity contribution in [2.45, 2.75) is 26.2 Å². The van der Waals surface area contributed by atoms with E-state index in [2.05, 4.69) is 67.0 Å². The lowest BCUT2D eigenvalue weighted by atomic mass is 9.86. The second-order valence-electron chi connectivity index (χ2n) is 5.49. The highest BCUT2D eigenvalue weighted by Crippen LogP contribution is 2.29. The molecule has 0 heterocycles. The second-order valence-corrected chi connectivity index (χ2v) is 6.84. The van der Waals surface area contributed by atoms with Crippen LogP contribution in [0.5, 0.6) is 0 Å². The minimum atomic E-state index is 0.188. The van der Waals surface area contributed by atoms with Crippen molar-refractivity contribution in [2.24, 2.45) is 0 Å². The molecule has 0 saturated carbocycles. The Balaban J connectivity index is 2.40. The van der Waals surface area contributed by atoms with E-state index in [0.717, 1.165) is 15.1 Å². The van der Waals surface area contributed by atoms with E-state index in [-0.39, 0.29) is 5.41 Å². The van der Waals surface area contributed by atoms with E-state index in [4.69, 9.17) is 11.6 Å². The van der Waals surface area contributed by atoms with Gasteiger partial charge in [-0.05, 0) is 40.3 Å². The number of benzene rings is 2. The van der Waals surface area contributed by atoms with Gasteiger partial charge >= 0.3 is 0 Å². The predicted octanol–water partition coefficient (Wildman–Crippen LogP) is 6.07. The fourth-order valence-corrected chi connectivity index (χ4v) is 2.74. The van der Waals surface area contributed by atoms with Crippen molar-refractivity contribution in [1.29, 1.82) is 0 Å². The fourth-order valence-electron chi connectivity index (χ4n) is 1.88. The van der Waals surface area contributed by atoms with Crippen LogP contribution < -0.4 is 0 Å². The summed E-state index contributed by atoms with van der Waals surface area (Å²) in [6.45, 7) is 6.66. The fraction of sp³-hybridized carbons (Fsp3) is 0.250. The summed E-state index contributed by atoms with van der Waals surface area (Å²) in [4.78, 5) is 0. The van der Waals surface area contributed by atoms with Gasteiger partial charge in [0.1, 0.15) is 0 Å². The Bertz CT molecular complexity index is 530. The zero-order chi connectivity index (χ0) is 13.3. The average Bonchev–Trinajstić information content (AvgIpc) is 2.27. The van der Waals surface area contributed by atoms with Crippen LogP contribution in [-0.2, 0) is 5.41 Å². The van der Waals surface area contributed by atoms with E-state index < -0.39 is 0 Å². The van der Waals surface area contributed by atoms with Gasteiger partial charge in [-0.25, -0.2) is 0 Å². The molecule has 0 fully saturated rings. The summed E-state index contributed by atoms with van der Waals surface area (Å²) in [6, 6.07) is 14.6. The highest BCUT2D eigenvalue weighted by atomic mass is 79.9. The van der Waals surface area contributed by atoms with E-state index in [1.165, 1.54) is 11.1 Å². The molecule has 0 radical (unpaired) electrons. The SMILES string of the molecule is CC(C)(C)c1ccc(-c2cc(Cl)cc(Br)c2)cc1. The Morgan fingerprint density at radius 1 is 0.889 bits per heavy atom. The molecule has 2 heteroatoms. The molecule has 0 aliphatic rings. The summed E-state index contributed by atoms with van der Waals surface area (Å²) in [5.74, 6) is 0. The number of hydrogen-bond acceptors (Lipinski definition) is 0. The van der Waals surface area contributed by atoms with E-state index in [1.54, 1.807) is 0 Å². The number of halogens is 2. The molecule has 0 aromatic heterocycles. The molecule has 0 aliphatic heterocycles. The molecule has 0 aliphatic carbocycles. The second kappa shape index (κ2) is 5.07. The van der Waals surface area contributed by atoms with Gasteiger partial charge in [0.25, 0.3) is 0 Å². The maximum Gasteiger partial charge on any atom is 0.0423 e. The summed E-state index contributed by atoms with van der Waals surface area (Å²) in [5.41, 5.74) is 3.85. The lowest BCUT2D eigenvalue weighted by Crippen LogP contribution is -2.10. The largest absolute Gasteiger partial charge is 0.0843 e. The molecule has 2 aromatic carbocycles. The average molecular weight is 324 g/mol. The van der Waals surface area contributed by atoms with Crippen LogP contribution in [0.1, 0.15) is 26.3 Å². The summed E-state index contributed by atoms with van der Waals surface area (Å²) in [7, 11) is 0. The molecule has 0 saturated heterocycles. The van der Waals surface area contributed by atoms with Crippen LogP contribution in [-0.4, -0.2) is 0 Å². The number of rotatable bonds is 1. The molecular formula is C16H16BrCl. The van der Waals surface area contributed by atoms with Crippen molar-refractivity contribution in [1.82, 2.24) is 0 Å². The molecule has 0 nitrogen and oxygen atoms in total. The van der Waals surface area contributed by atoms with Crippen molar-refractivity contribution >= 4 is 27.5 Å². The molecule has 0 amide bonds. The Labute approximate surface area is 122 Å². The van der Waals surface area contributed by atoms with Crippen molar-refractivity contribution < 1.29 is 0 Å². The molecule has 94 valence electrons. The standard InChI is InChI=1S/C16H16BrCl/c1-16(2,3)13-6-4-11(5-7-13)12-8-14(17)10-15(18)9-12/h4-10H,1-3H3. The Morgan fingerprint density at radius 2 is 1.50 bits per heavy atom. The molecule has 0 spiro atoms. The minimum absolute atomic E-state index is 0.188. The first-order valence-electron chi connectivity index (χ1n) is 5.93. The van der Waals surface area contributed by atoms with Gasteiger partial charge in [0.15, 0.2) is 0 Å². The zero-order valence-corrected chi connectivity index (χ0v) is 13.1. The lowest BCUT2D eigenvalue weighted by Gasteiger charge is -2.19. The molecule has 0 N–H and O–H groups in total. The third kappa shape index (κ3) is 3.15. The van der Waals surface area contributed by atoms with Crippen LogP contribution in [0.4, 0.5) is 0 Å². The molecular weight excluding hydrogens is 308 g/mol. The Kier molecular flexibility index (Phi) is 3.84. The molecule has 0 unspecified atom stereocenters. The van der Waals surface area contributed by atoms with Gasteiger partial charge in [0.2, 0.25) is 0 Å². The van der Waals surface area contributed by atoms with Gasteiger partial charge in [-0.2, -0.15) is 0 Å². The van der Waals surface area contributed by atoms with Gasteiger partial charge in [-0.15, -0.1) is 0 Å². The van der Waals surface area contributed by atoms with Crippen molar-refractivity contribution in [3.8, 4) is 11.1 Å². The third-order valence-corrected chi connectivity index (χ3v) is 3.62. The molecule has 0 atom stereocenters. The molecule has 0 bridgehead atoms. The van der Waals surface area contributed by atoms with E-state index >= 15 is 0 Å². The van der Waals surface area contributed by atoms with Gasteiger partial charge in [-0.3, -0.25) is 0 Å². The quantitative estimate of drug-likeness (QED) is 0.597. The lowest BCUT2D eigenvalue weighted by molar-refractivity contribution is 0.590. The monoisotopic (exact) mass is 322 g/mol. The van der Waals surface area contributed by atoms with Crippen molar-refractivity contribution in [2.75, 3.05) is 0 Å². The summed E-state index contributed by atoms with van der Waals surface area (Å²) in [6.07, 6.45) is 0. The first kappa shape index (κ1) is 13.6. The maximum absolute atomic E-state index is 6.07. The minimum Gasteiger partial charge on any atom is -0.0843 e. The van der Waals surface area contributed by atoms with Gasteiger partial charge in [-0.1, -0.05) is 72.6 Å². The topological polar surface area (TPSA) is 0 Å². The van der Waals surface area contributed by atoms with E-state index in [0.29, 0.717) is 0 Å². The number of hydrogen-bond donors (Lipinski definition) is 0. The summed E-state index contributed by atoms with van der Waals surface area (Å²) in [5, 5.41) is 0.749. The molecule has 2 aromatic rings. The van der Waals surface area contributed by atoms with Crippen LogP contribution in [0.25, 0.3) is 11.1 Å². The third-order valence-electron chi connectivity index (χ3n) is 2.95. The smallest absolute Gasteiger partial charge is 0.0423 e. The summed E-state index contributed by atoms with van der Waals surface area (Å²) >= 11 is 9.55. The first-order chi connectivity index (χ1) is 8.36. The van der Waals surface area contributed by atoms with Crippen LogP contribution >= 0.6 is 27.5 Å². The Hall–Kier alpha value is -0.790. The van der Waals surface area contributed by atoms with Crippen LogP contribution in [0.15, 0.2) is 46.9 Å². The normalized spacial score (nSPS) is 11.6. The first-order valence-corrected chi connectivity index (χ1v) is 7.10. The van der Waals surface area contributed by atoms with Crippen LogP contribution in [0.2, 0.25) is 5.02 Å². The van der Waals surface area contributed by atoms with Gasteiger partial charge in [0.05, 0.1) is 0 Å². The van der Waals surface area contributed by atoms with Crippen molar-refractivity contribution in [3.63, 3.8) is 0 Å². The summed E-state index contributed by atoms with van der Waals surface area (Å²) < 4.78 is 1.00. The highest BCUT2D eigenvalue weighted by molar-refractivity contribution is 9.10. The van der Waals surface area contributed by atoms with E-state index in [9.17, 15) is 0 Å². The van der Waals surface area contributed by atoms with Crippen LogP contribution in [0, 0.1) is 0 Å². The molecule has 18 heavy (non-hydrogen) atoms. The van der Waals surface area contributed by atoms with Crippen LogP contribution in [0.3, 0.4) is 0 Å². The van der Waals surface area contributed by atoms with Gasteiger partial charge < -0.3 is 0 Å². The molecule has 2 rings (SSSR count). The van der Waals surface area contributed by atoms with Crippen molar-refractivity contribution in [3.05, 3.63) is 57.5 Å². The zero-order valence-electron chi connectivity index (χ0n) is 10.8. The van der Waals surface area contributed by atoms with Gasteiger partial charge in [0, 0.05) is 9.50 Å². The van der Waals surface area contributed by atoms with E-state index in [1.807, 2.05) is 12.1 Å².